The summed E-state index contributed by atoms with van der Waals surface area (Å²) in [6.45, 7) is 2.89. The Kier molecular flexibility index (Phi) is 8.81. The number of nitrogens with zero attached hydrogens (tertiary/aromatic N) is 1. The van der Waals surface area contributed by atoms with E-state index in [9.17, 15) is 24.3 Å². The number of rotatable bonds is 10. The number of halogens is 1. The second-order valence-corrected chi connectivity index (χ2v) is 11.7. The van der Waals surface area contributed by atoms with E-state index >= 15 is 4.39 Å². The fraction of sp³-hybridized carbons (Fsp3) is 0.704. The fourth-order valence-corrected chi connectivity index (χ4v) is 7.69. The lowest BCUT2D eigenvalue weighted by Crippen LogP contribution is -2.66. The van der Waals surface area contributed by atoms with Crippen LogP contribution in [0.25, 0.3) is 0 Å². The first-order valence-electron chi connectivity index (χ1n) is 13.6. The molecule has 0 spiro atoms. The maximum Gasteiger partial charge on any atom is 0.408 e. The zero-order chi connectivity index (χ0) is 29.3. The van der Waals surface area contributed by atoms with E-state index < -0.39 is 58.4 Å². The van der Waals surface area contributed by atoms with E-state index in [0.29, 0.717) is 31.3 Å². The van der Waals surface area contributed by atoms with Crippen molar-refractivity contribution in [1.82, 2.24) is 16.0 Å². The van der Waals surface area contributed by atoms with Crippen molar-refractivity contribution in [3.05, 3.63) is 23.8 Å². The molecule has 0 aliphatic heterocycles. The SMILES string of the molecule is C[C@]12C[C@H](O)C3(F)[C@@H](CCC4=CC(=O)C=C[C@@]43C)C1CCC2C(=O)COC(=O)NCC(=O)NCCCON(O)O. The second kappa shape index (κ2) is 11.6. The molecular weight excluding hydrogens is 529 g/mol. The third-order valence-corrected chi connectivity index (χ3v) is 9.62. The van der Waals surface area contributed by atoms with Crippen molar-refractivity contribution in [2.45, 2.75) is 64.1 Å². The number of aliphatic hydroxyl groups is 1. The minimum absolute atomic E-state index is 0.0502. The fourth-order valence-electron chi connectivity index (χ4n) is 7.69. The van der Waals surface area contributed by atoms with Gasteiger partial charge in [0.15, 0.2) is 23.8 Å². The predicted molar refractivity (Wildman–Crippen MR) is 135 cm³/mol. The van der Waals surface area contributed by atoms with Crippen LogP contribution in [0.2, 0.25) is 0 Å². The molecule has 0 saturated heterocycles. The molecule has 0 aromatic heterocycles. The molecule has 0 radical (unpaired) electrons. The summed E-state index contributed by atoms with van der Waals surface area (Å²) in [5, 5.41) is 32.5. The van der Waals surface area contributed by atoms with Crippen molar-refractivity contribution in [2.24, 2.45) is 28.6 Å². The molecule has 4 aliphatic rings. The minimum Gasteiger partial charge on any atom is -0.442 e. The van der Waals surface area contributed by atoms with E-state index in [1.807, 2.05) is 6.92 Å². The molecule has 0 bridgehead atoms. The highest BCUT2D eigenvalue weighted by Crippen LogP contribution is 2.68. The Morgan fingerprint density at radius 3 is 2.62 bits per heavy atom. The van der Waals surface area contributed by atoms with Gasteiger partial charge in [0.1, 0.15) is 0 Å². The van der Waals surface area contributed by atoms with Crippen LogP contribution in [0.15, 0.2) is 23.8 Å². The first kappa shape index (κ1) is 30.3. The largest absolute Gasteiger partial charge is 0.442 e. The molecule has 3 fully saturated rings. The van der Waals surface area contributed by atoms with E-state index in [1.54, 1.807) is 13.0 Å². The van der Waals surface area contributed by atoms with Crippen molar-refractivity contribution >= 4 is 23.6 Å². The van der Waals surface area contributed by atoms with Gasteiger partial charge in [0.05, 0.1) is 24.6 Å². The second-order valence-electron chi connectivity index (χ2n) is 11.7. The van der Waals surface area contributed by atoms with Crippen molar-refractivity contribution in [2.75, 3.05) is 26.3 Å². The zero-order valence-electron chi connectivity index (χ0n) is 22.7. The van der Waals surface area contributed by atoms with Crippen LogP contribution < -0.4 is 10.6 Å². The van der Waals surface area contributed by atoms with Gasteiger partial charge in [0.25, 0.3) is 0 Å². The van der Waals surface area contributed by atoms with Gasteiger partial charge >= 0.3 is 6.09 Å². The quantitative estimate of drug-likeness (QED) is 0.193. The number of hydrogen-bond donors (Lipinski definition) is 5. The number of carbonyl (C=O) groups is 4. The van der Waals surface area contributed by atoms with E-state index in [2.05, 4.69) is 15.5 Å². The summed E-state index contributed by atoms with van der Waals surface area (Å²) in [6, 6.07) is 0. The third-order valence-electron chi connectivity index (χ3n) is 9.62. The molecule has 7 atom stereocenters. The number of carbonyl (C=O) groups excluding carboxylic acids is 4. The molecule has 3 saturated carbocycles. The highest BCUT2D eigenvalue weighted by atomic mass is 19.1. The summed E-state index contributed by atoms with van der Waals surface area (Å²) in [5.41, 5.74) is -3.02. The maximum atomic E-state index is 17.1. The molecule has 2 amide bonds. The lowest BCUT2D eigenvalue weighted by Gasteiger charge is -2.62. The molecular formula is C27H38FN3O9. The topological polar surface area (TPSA) is 175 Å². The molecule has 0 aromatic carbocycles. The monoisotopic (exact) mass is 567 g/mol. The Labute approximate surface area is 231 Å². The number of aliphatic hydroxyl groups excluding tert-OH is 1. The van der Waals surface area contributed by atoms with Crippen molar-refractivity contribution in [3.63, 3.8) is 0 Å². The Balaban J connectivity index is 1.31. The summed E-state index contributed by atoms with van der Waals surface area (Å²) < 4.78 is 22.1. The normalized spacial score (nSPS) is 36.3. The highest BCUT2D eigenvalue weighted by molar-refractivity contribution is 6.01. The number of ether oxygens (including phenoxy) is 1. The summed E-state index contributed by atoms with van der Waals surface area (Å²) in [4.78, 5) is 53.4. The Morgan fingerprint density at radius 2 is 1.90 bits per heavy atom. The van der Waals surface area contributed by atoms with Crippen LogP contribution in [0.5, 0.6) is 0 Å². The maximum absolute atomic E-state index is 17.1. The van der Waals surface area contributed by atoms with Gasteiger partial charge in [-0.25, -0.2) is 9.18 Å². The average molecular weight is 568 g/mol. The van der Waals surface area contributed by atoms with Gasteiger partial charge in [-0.3, -0.25) is 29.6 Å². The number of hydrogen-bond acceptors (Lipinski definition) is 10. The van der Waals surface area contributed by atoms with Gasteiger partial charge in [-0.1, -0.05) is 18.6 Å². The van der Waals surface area contributed by atoms with E-state index in [0.717, 1.165) is 0 Å². The smallest absolute Gasteiger partial charge is 0.408 e. The minimum atomic E-state index is -1.96. The molecule has 5 N–H and O–H groups in total. The van der Waals surface area contributed by atoms with Crippen LogP contribution in [-0.4, -0.2) is 82.6 Å². The van der Waals surface area contributed by atoms with Gasteiger partial charge in [-0.2, -0.15) is 0 Å². The van der Waals surface area contributed by atoms with Crippen LogP contribution in [0.1, 0.15) is 52.4 Å². The average Bonchev–Trinajstić information content (AvgIpc) is 3.23. The van der Waals surface area contributed by atoms with Gasteiger partial charge in [-0.05, 0) is 68.9 Å². The van der Waals surface area contributed by atoms with Gasteiger partial charge in [0.2, 0.25) is 5.91 Å². The van der Waals surface area contributed by atoms with Crippen LogP contribution in [0.3, 0.4) is 0 Å². The van der Waals surface area contributed by atoms with Crippen LogP contribution in [-0.2, 0) is 24.0 Å². The lowest BCUT2D eigenvalue weighted by molar-refractivity contribution is -0.492. The highest BCUT2D eigenvalue weighted by Gasteiger charge is 2.70. The number of alkyl halides is 1. The predicted octanol–water partition coefficient (Wildman–Crippen LogP) is 1.79. The van der Waals surface area contributed by atoms with Crippen molar-refractivity contribution < 1.29 is 48.7 Å². The lowest BCUT2D eigenvalue weighted by atomic mass is 9.45. The zero-order valence-corrected chi connectivity index (χ0v) is 22.7. The van der Waals surface area contributed by atoms with E-state index in [-0.39, 0.29) is 50.0 Å². The number of ketones is 2. The Morgan fingerprint density at radius 1 is 1.15 bits per heavy atom. The first-order chi connectivity index (χ1) is 18.8. The summed E-state index contributed by atoms with van der Waals surface area (Å²) in [5.74, 6) is -2.15. The number of Topliss-reactive ketones (excluding diaryl/α,β-unsaturated/α-hetero) is 1. The summed E-state index contributed by atoms with van der Waals surface area (Å²) in [7, 11) is 0. The van der Waals surface area contributed by atoms with Gasteiger partial charge in [-0.15, -0.1) is 0 Å². The molecule has 4 rings (SSSR count). The molecule has 13 heteroatoms. The van der Waals surface area contributed by atoms with Gasteiger partial charge < -0.3 is 20.5 Å². The number of nitrogens with one attached hydrogen (secondary N) is 2. The number of amides is 2. The Bertz CT molecular complexity index is 1100. The standard InChI is InChI=1S/C27H38FN3O9/c1-25-13-22(34)27(28)19(5-4-16-12-17(32)8-9-26(16,27)2)18(25)6-7-20(25)21(33)15-39-24(36)30-14-23(35)29-10-3-11-40-31(37)38/h8-9,12,18-20,22,34,37-38H,3-7,10-11,13-15H2,1-2H3,(H,29,35)(H,30,36)/t18?,19-,20?,22-,25-,26-,27?/m0/s1. The number of allylic oxidation sites excluding steroid dienone is 4. The number of fused-ring (bicyclic) bond motifs is 5. The molecule has 40 heavy (non-hydrogen) atoms. The summed E-state index contributed by atoms with van der Waals surface area (Å²) in [6.07, 6.45) is 4.70. The summed E-state index contributed by atoms with van der Waals surface area (Å²) >= 11 is 0. The third kappa shape index (κ3) is 5.45. The van der Waals surface area contributed by atoms with Gasteiger partial charge in [0, 0.05) is 23.8 Å². The van der Waals surface area contributed by atoms with Crippen molar-refractivity contribution in [3.8, 4) is 0 Å². The van der Waals surface area contributed by atoms with Crippen molar-refractivity contribution in [1.29, 1.82) is 0 Å². The Hall–Kier alpha value is -2.71. The molecule has 222 valence electrons. The molecule has 12 nitrogen and oxygen atoms in total. The first-order valence-corrected chi connectivity index (χ1v) is 13.6. The number of alkyl carbamates (subject to hydrolysis) is 1. The van der Waals surface area contributed by atoms with E-state index in [1.165, 1.54) is 12.2 Å². The molecule has 0 aromatic rings. The van der Waals surface area contributed by atoms with Crippen LogP contribution >= 0.6 is 0 Å². The van der Waals surface area contributed by atoms with Crippen LogP contribution in [0, 0.1) is 28.6 Å². The molecule has 4 aliphatic carbocycles. The van der Waals surface area contributed by atoms with Crippen LogP contribution in [0.4, 0.5) is 9.18 Å². The molecule has 0 heterocycles. The van der Waals surface area contributed by atoms with E-state index in [4.69, 9.17) is 15.2 Å². The molecule has 3 unspecified atom stereocenters.